The lowest BCUT2D eigenvalue weighted by atomic mass is 9.84. The monoisotopic (exact) mass is 916 g/mol. The van der Waals surface area contributed by atoms with Gasteiger partial charge in [0.15, 0.2) is 0 Å². The first-order valence-electron chi connectivity index (χ1n) is 25.2. The van der Waals surface area contributed by atoms with E-state index in [0.717, 1.165) is 0 Å². The summed E-state index contributed by atoms with van der Waals surface area (Å²) in [5.74, 6) is 0. The van der Waals surface area contributed by atoms with Crippen molar-refractivity contribution in [1.82, 2.24) is 9.13 Å². The van der Waals surface area contributed by atoms with Crippen LogP contribution in [0.25, 0.3) is 142 Å². The van der Waals surface area contributed by atoms with Crippen molar-refractivity contribution in [3.8, 4) is 33.6 Å². The van der Waals surface area contributed by atoms with Gasteiger partial charge in [0, 0.05) is 33.5 Å². The minimum Gasteiger partial charge on any atom is -0.314 e. The molecule has 15 aromatic rings. The highest BCUT2D eigenvalue weighted by atomic mass is 15.0. The first kappa shape index (κ1) is 40.9. The molecule has 0 spiro atoms. The van der Waals surface area contributed by atoms with Crippen molar-refractivity contribution in [1.29, 1.82) is 0 Å². The van der Waals surface area contributed by atoms with Gasteiger partial charge in [-0.1, -0.05) is 133 Å². The number of fused-ring (bicyclic) bond motifs is 10. The van der Waals surface area contributed by atoms with Crippen LogP contribution in [-0.4, -0.2) is 9.13 Å². The smallest absolute Gasteiger partial charge is 0.0540 e. The van der Waals surface area contributed by atoms with Crippen LogP contribution in [0.4, 0.5) is 0 Å². The van der Waals surface area contributed by atoms with Gasteiger partial charge in [-0.3, -0.25) is 0 Å². The maximum absolute atomic E-state index is 2.53. The predicted molar refractivity (Wildman–Crippen MR) is 310 cm³/mol. The number of nitrogens with zero attached hydrogens (tertiary/aromatic N) is 2. The Bertz CT molecular complexity index is 4540. The molecule has 0 fully saturated rings. The van der Waals surface area contributed by atoms with Gasteiger partial charge in [-0.15, -0.1) is 0 Å². The van der Waals surface area contributed by atoms with Crippen LogP contribution in [0.1, 0.15) is 22.5 Å². The van der Waals surface area contributed by atoms with Crippen molar-refractivity contribution >= 4 is 108 Å². The van der Waals surface area contributed by atoms with Crippen LogP contribution >= 0.6 is 0 Å². The Morgan fingerprint density at radius 1 is 0.236 bits per heavy atom. The molecule has 0 saturated heterocycles. The molecule has 72 heavy (non-hydrogen) atoms. The molecule has 0 N–H and O–H groups in total. The zero-order chi connectivity index (χ0) is 47.9. The predicted octanol–water partition coefficient (Wildman–Crippen LogP) is 19.4. The van der Waals surface area contributed by atoms with Crippen LogP contribution in [0.2, 0.25) is 0 Å². The van der Waals surface area contributed by atoms with Gasteiger partial charge in [0.05, 0.1) is 11.0 Å². The molecular formula is C70H48N2. The van der Waals surface area contributed by atoms with Crippen LogP contribution in [0.15, 0.2) is 218 Å². The standard InChI is InChI=1S/C70H48N2/c1-41-43(3)71(59-27-25-53-29-49-17-9-11-19-51(49)33-57(53)35-59)67-39-65-63(37-61(41)67)69(55-23-21-45-13-5-7-15-47(45)31-55)66-40-68-62(38-64(66)70(65)56-24-22-46-14-6-8-16-48(46)32-56)42(2)44(4)72(68)60-28-26-54-30-50-18-10-12-20-52(50)34-58(54)36-60/h5-40H,1-4H3. The van der Waals surface area contributed by atoms with Gasteiger partial charge in [-0.2, -0.15) is 0 Å². The molecule has 0 aliphatic carbocycles. The van der Waals surface area contributed by atoms with E-state index in [0.29, 0.717) is 0 Å². The van der Waals surface area contributed by atoms with Crippen LogP contribution in [0.3, 0.4) is 0 Å². The van der Waals surface area contributed by atoms with Gasteiger partial charge in [0.25, 0.3) is 0 Å². The summed E-state index contributed by atoms with van der Waals surface area (Å²) in [4.78, 5) is 0. The molecule has 0 atom stereocenters. The number of aryl methyl sites for hydroxylation is 2. The van der Waals surface area contributed by atoms with Crippen molar-refractivity contribution < 1.29 is 0 Å². The van der Waals surface area contributed by atoms with E-state index in [4.69, 9.17) is 0 Å². The average molecular weight is 917 g/mol. The molecule has 2 nitrogen and oxygen atoms in total. The second-order valence-corrected chi connectivity index (χ2v) is 20.3. The molecule has 0 unspecified atom stereocenters. The lowest BCUT2D eigenvalue weighted by Gasteiger charge is -2.20. The van der Waals surface area contributed by atoms with Crippen LogP contribution in [-0.2, 0) is 0 Å². The number of hydrogen-bond donors (Lipinski definition) is 0. The highest BCUT2D eigenvalue weighted by Gasteiger charge is 2.24. The zero-order valence-electron chi connectivity index (χ0n) is 40.7. The summed E-state index contributed by atoms with van der Waals surface area (Å²) in [6.07, 6.45) is 0. The minimum atomic E-state index is 1.17. The van der Waals surface area contributed by atoms with Crippen LogP contribution in [0, 0.1) is 27.7 Å². The summed E-state index contributed by atoms with van der Waals surface area (Å²) >= 11 is 0. The molecule has 2 heterocycles. The first-order valence-corrected chi connectivity index (χ1v) is 25.2. The summed E-state index contributed by atoms with van der Waals surface area (Å²) in [5, 5.41) is 22.5. The average Bonchev–Trinajstić information content (AvgIpc) is 3.81. The molecule has 0 aliphatic heterocycles. The topological polar surface area (TPSA) is 9.86 Å². The summed E-state index contributed by atoms with van der Waals surface area (Å²) in [6.45, 7) is 9.20. The number of hydrogen-bond acceptors (Lipinski definition) is 0. The molecule has 338 valence electrons. The Kier molecular flexibility index (Phi) is 8.66. The highest BCUT2D eigenvalue weighted by Crippen LogP contribution is 2.49. The lowest BCUT2D eigenvalue weighted by Crippen LogP contribution is -1.98. The third-order valence-electron chi connectivity index (χ3n) is 16.4. The maximum Gasteiger partial charge on any atom is 0.0540 e. The van der Waals surface area contributed by atoms with E-state index in [1.54, 1.807) is 0 Å². The van der Waals surface area contributed by atoms with Gasteiger partial charge in [-0.25, -0.2) is 0 Å². The van der Waals surface area contributed by atoms with E-state index in [1.165, 1.54) is 164 Å². The van der Waals surface area contributed by atoms with Crippen molar-refractivity contribution in [2.45, 2.75) is 27.7 Å². The van der Waals surface area contributed by atoms with Crippen LogP contribution < -0.4 is 0 Å². The molecule has 15 rings (SSSR count). The lowest BCUT2D eigenvalue weighted by molar-refractivity contribution is 1.04. The fraction of sp³-hybridized carbons (Fsp3) is 0.0571. The number of rotatable bonds is 4. The maximum atomic E-state index is 2.53. The molecule has 2 heteroatoms. The fourth-order valence-electron chi connectivity index (χ4n) is 12.5. The van der Waals surface area contributed by atoms with Crippen molar-refractivity contribution in [3.05, 3.63) is 241 Å². The second-order valence-electron chi connectivity index (χ2n) is 20.3. The SMILES string of the molecule is Cc1c(C)n(-c2ccc3cc4ccccc4cc3c2)c2cc3c(-c4ccc5ccccc5c4)c4cc5c(C)c(C)n(-c6ccc7cc8ccccc8cc7c6)c5cc4c(-c4ccc5ccccc5c4)c3cc12. The first-order chi connectivity index (χ1) is 35.3. The molecule has 0 aliphatic rings. The summed E-state index contributed by atoms with van der Waals surface area (Å²) in [5.41, 5.74) is 14.8. The Morgan fingerprint density at radius 3 is 0.931 bits per heavy atom. The van der Waals surface area contributed by atoms with E-state index in [9.17, 15) is 0 Å². The van der Waals surface area contributed by atoms with Gasteiger partial charge in [-0.05, 0) is 232 Å². The summed E-state index contributed by atoms with van der Waals surface area (Å²) < 4.78 is 5.01. The van der Waals surface area contributed by atoms with E-state index < -0.39 is 0 Å². The molecule has 13 aromatic carbocycles. The third-order valence-corrected chi connectivity index (χ3v) is 16.4. The van der Waals surface area contributed by atoms with Gasteiger partial charge in [0.1, 0.15) is 0 Å². The van der Waals surface area contributed by atoms with Crippen molar-refractivity contribution in [2.75, 3.05) is 0 Å². The Labute approximate surface area is 417 Å². The largest absolute Gasteiger partial charge is 0.314 e. The summed E-state index contributed by atoms with van der Waals surface area (Å²) in [7, 11) is 0. The molecular weight excluding hydrogens is 869 g/mol. The van der Waals surface area contributed by atoms with E-state index in [-0.39, 0.29) is 0 Å². The molecule has 0 saturated carbocycles. The Balaban J connectivity index is 1.08. The second kappa shape index (κ2) is 15.3. The zero-order valence-corrected chi connectivity index (χ0v) is 40.7. The summed E-state index contributed by atoms with van der Waals surface area (Å²) in [6, 6.07) is 82.5. The minimum absolute atomic E-state index is 1.17. The molecule has 2 aromatic heterocycles. The normalized spacial score (nSPS) is 12.2. The van der Waals surface area contributed by atoms with E-state index >= 15 is 0 Å². The van der Waals surface area contributed by atoms with Crippen molar-refractivity contribution in [2.24, 2.45) is 0 Å². The molecule has 0 bridgehead atoms. The molecule has 0 radical (unpaired) electrons. The van der Waals surface area contributed by atoms with E-state index in [1.807, 2.05) is 0 Å². The third kappa shape index (κ3) is 6.02. The number of aromatic nitrogens is 2. The number of benzene rings is 13. The Morgan fingerprint density at radius 2 is 0.542 bits per heavy atom. The van der Waals surface area contributed by atoms with Crippen LogP contribution in [0.5, 0.6) is 0 Å². The van der Waals surface area contributed by atoms with Crippen molar-refractivity contribution in [3.63, 3.8) is 0 Å². The fourth-order valence-corrected chi connectivity index (χ4v) is 12.5. The van der Waals surface area contributed by atoms with E-state index in [2.05, 4.69) is 255 Å². The van der Waals surface area contributed by atoms with Gasteiger partial charge < -0.3 is 9.13 Å². The highest BCUT2D eigenvalue weighted by molar-refractivity contribution is 6.26. The van der Waals surface area contributed by atoms with Gasteiger partial charge >= 0.3 is 0 Å². The quantitative estimate of drug-likeness (QED) is 0.156. The molecule has 0 amide bonds. The van der Waals surface area contributed by atoms with Gasteiger partial charge in [0.2, 0.25) is 0 Å². The Hall–Kier alpha value is -8.98.